The van der Waals surface area contributed by atoms with Gasteiger partial charge < -0.3 is 10.1 Å². The molecule has 0 radical (unpaired) electrons. The van der Waals surface area contributed by atoms with Crippen molar-refractivity contribution in [3.63, 3.8) is 0 Å². The quantitative estimate of drug-likeness (QED) is 0.678. The van der Waals surface area contributed by atoms with E-state index in [-0.39, 0.29) is 23.5 Å². The minimum atomic E-state index is -3.56. The highest BCUT2D eigenvalue weighted by molar-refractivity contribution is 7.89. The number of halogens is 1. The topological polar surface area (TPSA) is 84.5 Å². The summed E-state index contributed by atoms with van der Waals surface area (Å²) in [4.78, 5) is 12.3. The molecule has 2 N–H and O–H groups in total. The summed E-state index contributed by atoms with van der Waals surface area (Å²) in [5.41, 5.74) is 1.37. The SMILES string of the molecule is Cc1cc(OCC(=O)Nc2ccc(S(=O)(=O)NC3CCCCC3)cc2)ccc1Cl. The number of carbonyl (C=O) groups excluding carboxylic acids is 1. The molecule has 1 amide bonds. The van der Waals surface area contributed by atoms with E-state index in [0.29, 0.717) is 16.5 Å². The molecule has 0 unspecified atom stereocenters. The zero-order valence-electron chi connectivity index (χ0n) is 16.3. The Kier molecular flexibility index (Phi) is 7.16. The number of rotatable bonds is 7. The summed E-state index contributed by atoms with van der Waals surface area (Å²) in [6.45, 7) is 1.69. The number of carbonyl (C=O) groups is 1. The Bertz CT molecular complexity index is 955. The van der Waals surface area contributed by atoms with Crippen LogP contribution in [0.25, 0.3) is 0 Å². The molecular formula is C21H25ClN2O4S. The molecule has 156 valence electrons. The zero-order valence-corrected chi connectivity index (χ0v) is 17.9. The number of amides is 1. The van der Waals surface area contributed by atoms with Crippen molar-refractivity contribution in [3.05, 3.63) is 53.1 Å². The lowest BCUT2D eigenvalue weighted by molar-refractivity contribution is -0.118. The lowest BCUT2D eigenvalue weighted by Crippen LogP contribution is -2.36. The fourth-order valence-electron chi connectivity index (χ4n) is 3.28. The van der Waals surface area contributed by atoms with Gasteiger partial charge in [0.05, 0.1) is 4.90 Å². The average Bonchev–Trinajstić information content (AvgIpc) is 2.70. The van der Waals surface area contributed by atoms with Gasteiger partial charge in [0.2, 0.25) is 10.0 Å². The lowest BCUT2D eigenvalue weighted by Gasteiger charge is -2.22. The maximum Gasteiger partial charge on any atom is 0.262 e. The summed E-state index contributed by atoms with van der Waals surface area (Å²) in [6.07, 6.45) is 5.01. The summed E-state index contributed by atoms with van der Waals surface area (Å²) >= 11 is 5.97. The molecule has 3 rings (SSSR count). The molecule has 2 aromatic rings. The molecule has 0 atom stereocenters. The Morgan fingerprint density at radius 2 is 1.79 bits per heavy atom. The molecule has 1 fully saturated rings. The van der Waals surface area contributed by atoms with Crippen molar-refractivity contribution in [2.24, 2.45) is 0 Å². The molecule has 0 aromatic heterocycles. The van der Waals surface area contributed by atoms with Gasteiger partial charge in [0.1, 0.15) is 5.75 Å². The van der Waals surface area contributed by atoms with Crippen LogP contribution in [0.1, 0.15) is 37.7 Å². The van der Waals surface area contributed by atoms with Gasteiger partial charge in [0.15, 0.2) is 6.61 Å². The Balaban J connectivity index is 1.53. The highest BCUT2D eigenvalue weighted by Gasteiger charge is 2.21. The number of anilines is 1. The predicted molar refractivity (Wildman–Crippen MR) is 114 cm³/mol. The minimum absolute atomic E-state index is 0.00165. The first kappa shape index (κ1) is 21.6. The molecule has 1 aliphatic rings. The van der Waals surface area contributed by atoms with E-state index >= 15 is 0 Å². The standard InChI is InChI=1S/C21H25ClN2O4S/c1-15-13-18(9-12-20(15)22)28-14-21(25)23-16-7-10-19(11-8-16)29(26,27)24-17-5-3-2-4-6-17/h7-13,17,24H,2-6,14H2,1H3,(H,23,25). The maximum absolute atomic E-state index is 12.5. The smallest absolute Gasteiger partial charge is 0.262 e. The number of sulfonamides is 1. The molecule has 0 heterocycles. The summed E-state index contributed by atoms with van der Waals surface area (Å²) in [5.74, 6) is 0.214. The molecule has 1 aliphatic carbocycles. The Morgan fingerprint density at radius 1 is 1.10 bits per heavy atom. The first-order chi connectivity index (χ1) is 13.8. The van der Waals surface area contributed by atoms with E-state index in [2.05, 4.69) is 10.0 Å². The van der Waals surface area contributed by atoms with Crippen LogP contribution in [0.3, 0.4) is 0 Å². The minimum Gasteiger partial charge on any atom is -0.484 e. The maximum atomic E-state index is 12.5. The normalized spacial score (nSPS) is 15.1. The van der Waals surface area contributed by atoms with Crippen molar-refractivity contribution in [2.75, 3.05) is 11.9 Å². The number of aryl methyl sites for hydroxylation is 1. The molecule has 0 spiro atoms. The van der Waals surface area contributed by atoms with E-state index in [9.17, 15) is 13.2 Å². The van der Waals surface area contributed by atoms with Crippen molar-refractivity contribution in [2.45, 2.75) is 50.0 Å². The average molecular weight is 437 g/mol. The van der Waals surface area contributed by atoms with Crippen LogP contribution < -0.4 is 14.8 Å². The predicted octanol–water partition coefficient (Wildman–Crippen LogP) is 4.28. The molecule has 2 aromatic carbocycles. The number of hydrogen-bond donors (Lipinski definition) is 2. The third kappa shape index (κ3) is 6.19. The molecule has 0 aliphatic heterocycles. The first-order valence-corrected chi connectivity index (χ1v) is 11.5. The zero-order chi connectivity index (χ0) is 20.9. The van der Waals surface area contributed by atoms with E-state index in [1.165, 1.54) is 12.1 Å². The molecule has 0 bridgehead atoms. The number of ether oxygens (including phenoxy) is 1. The van der Waals surface area contributed by atoms with E-state index < -0.39 is 10.0 Å². The number of nitrogens with one attached hydrogen (secondary N) is 2. The second-order valence-corrected chi connectivity index (χ2v) is 9.35. The molecular weight excluding hydrogens is 412 g/mol. The van der Waals surface area contributed by atoms with Crippen LogP contribution in [0.15, 0.2) is 47.4 Å². The van der Waals surface area contributed by atoms with Gasteiger partial charge in [0, 0.05) is 16.8 Å². The van der Waals surface area contributed by atoms with Gasteiger partial charge in [-0.2, -0.15) is 0 Å². The van der Waals surface area contributed by atoms with E-state index in [4.69, 9.17) is 16.3 Å². The fourth-order valence-corrected chi connectivity index (χ4v) is 4.70. The largest absolute Gasteiger partial charge is 0.484 e. The number of hydrogen-bond acceptors (Lipinski definition) is 4. The van der Waals surface area contributed by atoms with Crippen molar-refractivity contribution in [1.29, 1.82) is 0 Å². The van der Waals surface area contributed by atoms with Gasteiger partial charge in [0.25, 0.3) is 5.91 Å². The number of benzene rings is 2. The summed E-state index contributed by atoms with van der Waals surface area (Å²) in [5, 5.41) is 3.33. The van der Waals surface area contributed by atoms with Gasteiger partial charge >= 0.3 is 0 Å². The van der Waals surface area contributed by atoms with Gasteiger partial charge in [-0.25, -0.2) is 13.1 Å². The van der Waals surface area contributed by atoms with Gasteiger partial charge in [-0.05, 0) is 67.8 Å². The summed E-state index contributed by atoms with van der Waals surface area (Å²) in [7, 11) is -3.56. The van der Waals surface area contributed by atoms with Crippen molar-refractivity contribution < 1.29 is 17.9 Å². The molecule has 8 heteroatoms. The second kappa shape index (κ2) is 9.61. The van der Waals surface area contributed by atoms with Crippen LogP contribution in [0.2, 0.25) is 5.02 Å². The van der Waals surface area contributed by atoms with Crippen LogP contribution in [-0.4, -0.2) is 27.0 Å². The Hall–Kier alpha value is -2.09. The van der Waals surface area contributed by atoms with Crippen LogP contribution in [0.5, 0.6) is 5.75 Å². The van der Waals surface area contributed by atoms with E-state index in [1.807, 2.05) is 6.92 Å². The monoisotopic (exact) mass is 436 g/mol. The highest BCUT2D eigenvalue weighted by atomic mass is 35.5. The highest BCUT2D eigenvalue weighted by Crippen LogP contribution is 2.22. The van der Waals surface area contributed by atoms with Crippen LogP contribution in [0, 0.1) is 6.92 Å². The van der Waals surface area contributed by atoms with Crippen molar-refractivity contribution >= 4 is 33.2 Å². The summed E-state index contributed by atoms with van der Waals surface area (Å²) in [6, 6.07) is 11.3. The molecule has 6 nitrogen and oxygen atoms in total. The van der Waals surface area contributed by atoms with Gasteiger partial charge in [-0.3, -0.25) is 4.79 Å². The first-order valence-electron chi connectivity index (χ1n) is 9.65. The van der Waals surface area contributed by atoms with E-state index in [0.717, 1.165) is 37.7 Å². The van der Waals surface area contributed by atoms with Gasteiger partial charge in [-0.15, -0.1) is 0 Å². The van der Waals surface area contributed by atoms with Crippen LogP contribution >= 0.6 is 11.6 Å². The molecule has 29 heavy (non-hydrogen) atoms. The Morgan fingerprint density at radius 3 is 2.45 bits per heavy atom. The lowest BCUT2D eigenvalue weighted by atomic mass is 9.96. The molecule has 1 saturated carbocycles. The van der Waals surface area contributed by atoms with Crippen molar-refractivity contribution in [3.8, 4) is 5.75 Å². The van der Waals surface area contributed by atoms with Crippen LogP contribution in [0.4, 0.5) is 5.69 Å². The Labute approximate surface area is 176 Å². The third-order valence-electron chi connectivity index (χ3n) is 4.87. The fraction of sp³-hybridized carbons (Fsp3) is 0.381. The second-order valence-electron chi connectivity index (χ2n) is 7.23. The summed E-state index contributed by atoms with van der Waals surface area (Å²) < 4.78 is 33.3. The van der Waals surface area contributed by atoms with Crippen LogP contribution in [-0.2, 0) is 14.8 Å². The van der Waals surface area contributed by atoms with Crippen molar-refractivity contribution in [1.82, 2.24) is 4.72 Å². The molecule has 0 saturated heterocycles. The van der Waals surface area contributed by atoms with Gasteiger partial charge in [-0.1, -0.05) is 30.9 Å². The van der Waals surface area contributed by atoms with E-state index in [1.54, 1.807) is 30.3 Å². The third-order valence-corrected chi connectivity index (χ3v) is 6.84.